The molecule has 1 heterocycles. The van der Waals surface area contributed by atoms with E-state index in [0.29, 0.717) is 55.6 Å². The van der Waals surface area contributed by atoms with E-state index in [0.717, 1.165) is 69.5 Å². The van der Waals surface area contributed by atoms with Crippen molar-refractivity contribution in [1.82, 2.24) is 0 Å². The summed E-state index contributed by atoms with van der Waals surface area (Å²) in [6, 6.07) is 3.27. The molecular formula is C75H152O8S2Si5. The highest BCUT2D eigenvalue weighted by Gasteiger charge is 2.52. The molecule has 2 aliphatic rings. The van der Waals surface area contributed by atoms with Crippen LogP contribution in [0.25, 0.3) is 0 Å². The molecule has 0 radical (unpaired) electrons. The first-order valence-corrected chi connectivity index (χ1v) is 51.4. The van der Waals surface area contributed by atoms with E-state index < -0.39 is 41.6 Å². The van der Waals surface area contributed by atoms with Gasteiger partial charge in [0.05, 0.1) is 53.4 Å². The molecule has 0 aromatic heterocycles. The molecular weight excluding hydrogens is 1230 g/mol. The van der Waals surface area contributed by atoms with Gasteiger partial charge in [-0.05, 0) is 194 Å². The van der Waals surface area contributed by atoms with Crippen molar-refractivity contribution in [3.8, 4) is 0 Å². The molecule has 0 N–H and O–H groups in total. The van der Waals surface area contributed by atoms with Crippen LogP contribution in [0.4, 0.5) is 0 Å². The molecule has 8 nitrogen and oxygen atoms in total. The summed E-state index contributed by atoms with van der Waals surface area (Å²) in [6.45, 7) is 76.9. The predicted octanol–water partition coefficient (Wildman–Crippen LogP) is 23.9. The second-order valence-electron chi connectivity index (χ2n) is 33.8. The summed E-state index contributed by atoms with van der Waals surface area (Å²) >= 11 is 4.26. The van der Waals surface area contributed by atoms with Gasteiger partial charge in [0.25, 0.3) is 0 Å². The summed E-state index contributed by atoms with van der Waals surface area (Å²) in [5.41, 5.74) is 5.59. The standard InChI is InChI=1S/C75H152O8S2Si5/c1-35-40-64(46-58(17)45-59(18)47-69(77-29)72(82-87(33,34)75(25,26)27)70(78-30)49-61(20)73-84-43-39-44-85-73)67(81-90(55(11)12,56(13)14)57(15)16)51-66(79-86(31,32)74(22,23)24)62(21)71(83-88(36-2,37-3)38-4)60(19)48-63-41-42-65(68(50-63)76-28)80-89(52(5)6,53(7)8)54(9)10/h35,46,48,52-57,59,61-73H,1,36-45,47,49-51H2,2-34H3/b58-46+,60-48+/t59-,61+,62+,63?,64+,65+,66-,67+,68+,69-,70-,71+,72+/m0/s1. The minimum absolute atomic E-state index is 0.00234. The first kappa shape index (κ1) is 86.8. The van der Waals surface area contributed by atoms with Gasteiger partial charge in [-0.25, -0.2) is 0 Å². The summed E-state index contributed by atoms with van der Waals surface area (Å²) in [5, 5.41) is 0.0427. The summed E-state index contributed by atoms with van der Waals surface area (Å²) < 4.78 is 59.7. The van der Waals surface area contributed by atoms with Gasteiger partial charge in [0.15, 0.2) is 25.0 Å². The number of thioether (sulfide) groups is 2. The lowest BCUT2D eigenvalue weighted by molar-refractivity contribution is -0.0934. The molecule has 0 aromatic rings. The molecule has 1 aliphatic carbocycles. The topological polar surface area (TPSA) is 73.8 Å². The highest BCUT2D eigenvalue weighted by atomic mass is 32.2. The highest BCUT2D eigenvalue weighted by Crippen LogP contribution is 2.50. The van der Waals surface area contributed by atoms with Crippen LogP contribution in [-0.4, -0.2) is 128 Å². The van der Waals surface area contributed by atoms with Gasteiger partial charge in [0.1, 0.15) is 0 Å². The predicted molar refractivity (Wildman–Crippen MR) is 413 cm³/mol. The molecule has 1 unspecified atom stereocenters. The lowest BCUT2D eigenvalue weighted by atomic mass is 9.81. The molecule has 15 heteroatoms. The average Bonchev–Trinajstić information content (AvgIpc) is 0.814. The lowest BCUT2D eigenvalue weighted by Crippen LogP contribution is -2.54. The second kappa shape index (κ2) is 38.3. The van der Waals surface area contributed by atoms with E-state index in [9.17, 15) is 0 Å². The van der Waals surface area contributed by atoms with Crippen molar-refractivity contribution in [2.75, 3.05) is 32.8 Å². The minimum atomic E-state index is -2.46. The molecule has 0 aromatic carbocycles. The van der Waals surface area contributed by atoms with Gasteiger partial charge in [-0.15, -0.1) is 30.1 Å². The molecule has 1 aliphatic heterocycles. The molecule has 13 atom stereocenters. The van der Waals surface area contributed by atoms with Gasteiger partial charge in [0, 0.05) is 33.2 Å². The van der Waals surface area contributed by atoms with Crippen LogP contribution in [0.2, 0.25) is 87.6 Å². The van der Waals surface area contributed by atoms with Crippen LogP contribution in [0.15, 0.2) is 36.0 Å². The monoisotopic (exact) mass is 1380 g/mol. The Bertz CT molecular complexity index is 2040. The van der Waals surface area contributed by atoms with Crippen molar-refractivity contribution in [2.24, 2.45) is 29.6 Å². The van der Waals surface area contributed by atoms with Crippen molar-refractivity contribution in [3.63, 3.8) is 0 Å². The van der Waals surface area contributed by atoms with Crippen LogP contribution in [0.1, 0.15) is 238 Å². The van der Waals surface area contributed by atoms with Crippen molar-refractivity contribution < 1.29 is 36.3 Å². The number of allylic oxidation sites excluding steroid dienone is 3. The third-order valence-corrected chi connectivity index (χ3v) is 52.8. The number of hydrogen-bond acceptors (Lipinski definition) is 10. The van der Waals surface area contributed by atoms with Crippen molar-refractivity contribution in [1.29, 1.82) is 0 Å². The maximum absolute atomic E-state index is 8.33. The van der Waals surface area contributed by atoms with E-state index in [-0.39, 0.29) is 70.7 Å². The maximum atomic E-state index is 8.33. The maximum Gasteiger partial charge on any atom is 0.200 e. The molecule has 0 bridgehead atoms. The molecule has 532 valence electrons. The van der Waals surface area contributed by atoms with E-state index in [4.69, 9.17) is 36.3 Å². The van der Waals surface area contributed by atoms with Crippen LogP contribution in [0, 0.1) is 29.6 Å². The Morgan fingerprint density at radius 1 is 0.578 bits per heavy atom. The largest absolute Gasteiger partial charge is 0.413 e. The summed E-state index contributed by atoms with van der Waals surface area (Å²) in [7, 11) is -5.62. The molecule has 1 saturated heterocycles. The molecule has 0 spiro atoms. The zero-order valence-electron chi connectivity index (χ0n) is 65.5. The van der Waals surface area contributed by atoms with Gasteiger partial charge in [0.2, 0.25) is 16.6 Å². The van der Waals surface area contributed by atoms with Crippen molar-refractivity contribution in [3.05, 3.63) is 36.0 Å². The Morgan fingerprint density at radius 2 is 1.06 bits per heavy atom. The van der Waals surface area contributed by atoms with E-state index in [1.807, 2.05) is 21.3 Å². The zero-order valence-corrected chi connectivity index (χ0v) is 72.1. The van der Waals surface area contributed by atoms with Crippen LogP contribution < -0.4 is 0 Å². The zero-order chi connectivity index (χ0) is 69.3. The fraction of sp³-hybridized carbons (Fsp3) is 0.920. The molecule has 90 heavy (non-hydrogen) atoms. The SMILES string of the molecule is C=CC[C@H](/C=C(\C)C[C@H](C)C[C@H](OC)[C@@H](O[Si](C)(C)C(C)(C)C)[C@H](C[C@@H](C)C1SCCCS1)OC)[C@@H](C[C@H](O[Si](C)(C)C(C)(C)C)[C@@H](C)[C@H](O[Si](CC)(CC)CC)/C(C)=C/C1CC[C@@H](O[Si](C(C)C)(C(C)C)C(C)C)[C@H](OC)C1)O[Si](C(C)C)(C(C)C)C(C)C. The number of methoxy groups -OCH3 is 3. The Morgan fingerprint density at radius 3 is 1.49 bits per heavy atom. The van der Waals surface area contributed by atoms with Crippen LogP contribution >= 0.6 is 23.5 Å². The summed E-state index contributed by atoms with van der Waals surface area (Å²) in [4.78, 5) is 0. The summed E-state index contributed by atoms with van der Waals surface area (Å²) in [5.74, 6) is 3.83. The van der Waals surface area contributed by atoms with E-state index in [1.54, 1.807) is 0 Å². The van der Waals surface area contributed by atoms with Gasteiger partial charge in [-0.3, -0.25) is 0 Å². The molecule has 1 saturated carbocycles. The van der Waals surface area contributed by atoms with Crippen LogP contribution in [0.5, 0.6) is 0 Å². The number of rotatable bonds is 41. The van der Waals surface area contributed by atoms with Gasteiger partial charge < -0.3 is 36.3 Å². The van der Waals surface area contributed by atoms with Crippen molar-refractivity contribution in [2.45, 2.75) is 379 Å². The fourth-order valence-corrected chi connectivity index (χ4v) is 36.0. The first-order chi connectivity index (χ1) is 41.5. The highest BCUT2D eigenvalue weighted by molar-refractivity contribution is 8.17. The number of ether oxygens (including phenoxy) is 3. The Hall–Kier alpha value is 0.684. The quantitative estimate of drug-likeness (QED) is 0.0437. The third-order valence-electron chi connectivity index (χ3n) is 23.5. The molecule has 0 amide bonds. The van der Waals surface area contributed by atoms with E-state index >= 15 is 0 Å². The fourth-order valence-electron chi connectivity index (χ4n) is 15.9. The van der Waals surface area contributed by atoms with Crippen molar-refractivity contribution >= 4 is 65.1 Å². The van der Waals surface area contributed by atoms with Gasteiger partial charge in [-0.2, -0.15) is 0 Å². The van der Waals surface area contributed by atoms with Crippen LogP contribution in [-0.2, 0) is 36.3 Å². The van der Waals surface area contributed by atoms with Crippen LogP contribution in [0.3, 0.4) is 0 Å². The molecule has 2 fully saturated rings. The molecule has 2 rings (SSSR count). The normalized spacial score (nSPS) is 22.4. The smallest absolute Gasteiger partial charge is 0.200 e. The average molecular weight is 1390 g/mol. The van der Waals surface area contributed by atoms with Gasteiger partial charge in [-0.1, -0.05) is 190 Å². The minimum Gasteiger partial charge on any atom is -0.413 e. The van der Waals surface area contributed by atoms with Gasteiger partial charge >= 0.3 is 0 Å². The Kier molecular flexibility index (Phi) is 36.9. The van der Waals surface area contributed by atoms with E-state index in [2.05, 4.69) is 255 Å². The Labute approximate surface area is 574 Å². The number of hydrogen-bond donors (Lipinski definition) is 0. The lowest BCUT2D eigenvalue weighted by Gasteiger charge is -2.49. The first-order valence-electron chi connectivity index (χ1n) is 36.7. The summed E-state index contributed by atoms with van der Waals surface area (Å²) in [6.07, 6.45) is 15.6. The second-order valence-corrected chi connectivity index (χ2v) is 61.7. The third kappa shape index (κ3) is 23.4. The van der Waals surface area contributed by atoms with E-state index in [1.165, 1.54) is 29.1 Å². The Balaban J connectivity index is 2.96.